The Morgan fingerprint density at radius 3 is 1.72 bits per heavy atom. The molecule has 0 aromatic heterocycles. The highest BCUT2D eigenvalue weighted by Gasteiger charge is 2.38. The molecule has 1 saturated carbocycles. The Bertz CT molecular complexity index is 896. The van der Waals surface area contributed by atoms with E-state index in [1.54, 1.807) is 0 Å². The van der Waals surface area contributed by atoms with Crippen molar-refractivity contribution >= 4 is 39.5 Å². The van der Waals surface area contributed by atoms with Crippen LogP contribution >= 0.6 is 22.6 Å². The van der Waals surface area contributed by atoms with Crippen LogP contribution in [0.25, 0.3) is 0 Å². The molecule has 29 heavy (non-hydrogen) atoms. The molecule has 0 radical (unpaired) electrons. The normalized spacial score (nSPS) is 15.8. The van der Waals surface area contributed by atoms with Gasteiger partial charge in [0.1, 0.15) is 9.17 Å². The zero-order chi connectivity index (χ0) is 20.1. The average molecular weight is 515 g/mol. The van der Waals surface area contributed by atoms with E-state index < -0.39 is 0 Å². The number of hydrogen-bond donors (Lipinski definition) is 0. The lowest BCUT2D eigenvalue weighted by Gasteiger charge is -2.29. The van der Waals surface area contributed by atoms with E-state index >= 15 is 0 Å². The first-order valence-electron chi connectivity index (χ1n) is 10.0. The maximum absolute atomic E-state index is 12.7. The van der Waals surface area contributed by atoms with Crippen LogP contribution in [0.2, 0.25) is 0 Å². The van der Waals surface area contributed by atoms with E-state index in [1.807, 2.05) is 24.3 Å². The molecule has 0 atom stereocenters. The van der Waals surface area contributed by atoms with E-state index in [1.165, 1.54) is 21.1 Å². The van der Waals surface area contributed by atoms with Crippen LogP contribution in [-0.2, 0) is 15.7 Å². The monoisotopic (exact) mass is 515 g/mol. The predicted molar refractivity (Wildman–Crippen MR) is 127 cm³/mol. The van der Waals surface area contributed by atoms with Gasteiger partial charge in [0.05, 0.1) is 10.9 Å². The fourth-order valence-electron chi connectivity index (χ4n) is 3.68. The third kappa shape index (κ3) is 4.86. The Morgan fingerprint density at radius 1 is 0.724 bits per heavy atom. The Hall–Kier alpha value is -1.79. The highest BCUT2D eigenvalue weighted by molar-refractivity contribution is 14.1. The molecule has 0 saturated heterocycles. The smallest absolute Gasteiger partial charge is 0.327 e. The molecule has 2 nitrogen and oxygen atoms in total. The van der Waals surface area contributed by atoms with Gasteiger partial charge < -0.3 is 4.74 Å². The summed E-state index contributed by atoms with van der Waals surface area (Å²) in [6.45, 7) is 0. The standard InChI is InChI=1S/C25H24IO2S/c26-25(18-8-3-9-19-25)24(27)28-20-14-16-23(17-15-20)29(21-10-4-1-5-11-21)22-12-6-2-7-13-22/h1-2,4-7,10-17H,3,8-9,18-19H2/q+1. The second-order valence-electron chi connectivity index (χ2n) is 7.32. The Kier molecular flexibility index (Phi) is 6.60. The largest absolute Gasteiger partial charge is 0.426 e. The number of alkyl halides is 1. The van der Waals surface area contributed by atoms with Gasteiger partial charge in [-0.15, -0.1) is 0 Å². The first-order chi connectivity index (χ1) is 14.2. The molecule has 0 aliphatic heterocycles. The average Bonchev–Trinajstić information content (AvgIpc) is 2.77. The molecule has 148 valence electrons. The molecule has 3 aromatic carbocycles. The van der Waals surface area contributed by atoms with Crippen LogP contribution in [0.3, 0.4) is 0 Å². The number of benzene rings is 3. The zero-order valence-corrected chi connectivity index (χ0v) is 19.2. The number of rotatable bonds is 5. The summed E-state index contributed by atoms with van der Waals surface area (Å²) >= 11 is 2.30. The number of ether oxygens (including phenoxy) is 1. The lowest BCUT2D eigenvalue weighted by atomic mass is 9.89. The van der Waals surface area contributed by atoms with Crippen LogP contribution in [0.15, 0.2) is 99.6 Å². The predicted octanol–water partition coefficient (Wildman–Crippen LogP) is 6.83. The second-order valence-corrected chi connectivity index (χ2v) is 11.4. The summed E-state index contributed by atoms with van der Waals surface area (Å²) < 4.78 is 5.39. The minimum absolute atomic E-state index is 0.101. The molecule has 0 N–H and O–H groups in total. The van der Waals surface area contributed by atoms with Gasteiger partial charge in [0, 0.05) is 0 Å². The van der Waals surface area contributed by atoms with Gasteiger partial charge in [0.15, 0.2) is 14.7 Å². The molecular weight excluding hydrogens is 491 g/mol. The SMILES string of the molecule is O=C(Oc1ccc([S+](c2ccccc2)c2ccccc2)cc1)C1(I)CCCCC1. The summed E-state index contributed by atoms with van der Waals surface area (Å²) in [6, 6.07) is 29.2. The number of esters is 1. The number of halogens is 1. The Balaban J connectivity index is 1.57. The molecular formula is C25H24IO2S+. The molecule has 3 aromatic rings. The first kappa shape index (κ1) is 20.5. The minimum atomic E-state index is -0.368. The van der Waals surface area contributed by atoms with Crippen molar-refractivity contribution in [2.75, 3.05) is 0 Å². The highest BCUT2D eigenvalue weighted by atomic mass is 127. The minimum Gasteiger partial charge on any atom is -0.426 e. The van der Waals surface area contributed by atoms with Crippen molar-refractivity contribution in [1.82, 2.24) is 0 Å². The van der Waals surface area contributed by atoms with Crippen LogP contribution in [0.4, 0.5) is 0 Å². The van der Waals surface area contributed by atoms with Crippen molar-refractivity contribution in [2.24, 2.45) is 0 Å². The summed E-state index contributed by atoms with van der Waals surface area (Å²) in [5, 5.41) is 0. The van der Waals surface area contributed by atoms with Gasteiger partial charge >= 0.3 is 5.97 Å². The molecule has 1 aliphatic rings. The molecule has 4 rings (SSSR count). The summed E-state index contributed by atoms with van der Waals surface area (Å²) in [4.78, 5) is 16.5. The maximum Gasteiger partial charge on any atom is 0.327 e. The van der Waals surface area contributed by atoms with E-state index in [-0.39, 0.29) is 20.3 Å². The van der Waals surface area contributed by atoms with Gasteiger partial charge in [-0.05, 0) is 61.4 Å². The van der Waals surface area contributed by atoms with Crippen molar-refractivity contribution in [2.45, 2.75) is 50.2 Å². The molecule has 1 aliphatic carbocycles. The first-order valence-corrected chi connectivity index (χ1v) is 12.3. The summed E-state index contributed by atoms with van der Waals surface area (Å²) in [5.41, 5.74) is 0. The van der Waals surface area contributed by atoms with E-state index in [9.17, 15) is 4.79 Å². The van der Waals surface area contributed by atoms with Crippen molar-refractivity contribution in [3.63, 3.8) is 0 Å². The fraction of sp³-hybridized carbons (Fsp3) is 0.240. The molecule has 0 unspecified atom stereocenters. The lowest BCUT2D eigenvalue weighted by molar-refractivity contribution is -0.137. The summed E-state index contributed by atoms with van der Waals surface area (Å²) in [7, 11) is -0.190. The summed E-state index contributed by atoms with van der Waals surface area (Å²) in [5.74, 6) is 0.528. The van der Waals surface area contributed by atoms with Crippen molar-refractivity contribution in [3.8, 4) is 5.75 Å². The molecule has 0 heterocycles. The fourth-order valence-corrected chi connectivity index (χ4v) is 6.64. The van der Waals surface area contributed by atoms with Gasteiger partial charge in [-0.25, -0.2) is 0 Å². The Morgan fingerprint density at radius 2 is 1.21 bits per heavy atom. The Labute approximate surface area is 189 Å². The maximum atomic E-state index is 12.7. The molecule has 0 amide bonds. The van der Waals surface area contributed by atoms with Gasteiger partial charge in [0.25, 0.3) is 0 Å². The topological polar surface area (TPSA) is 26.3 Å². The van der Waals surface area contributed by atoms with Crippen LogP contribution in [-0.4, -0.2) is 9.39 Å². The van der Waals surface area contributed by atoms with Gasteiger partial charge in [-0.2, -0.15) is 0 Å². The van der Waals surface area contributed by atoms with Crippen molar-refractivity contribution in [1.29, 1.82) is 0 Å². The number of carbonyl (C=O) groups is 1. The van der Waals surface area contributed by atoms with Gasteiger partial charge in [-0.3, -0.25) is 4.79 Å². The zero-order valence-electron chi connectivity index (χ0n) is 16.2. The van der Waals surface area contributed by atoms with Crippen LogP contribution in [0.5, 0.6) is 5.75 Å². The van der Waals surface area contributed by atoms with Gasteiger partial charge in [-0.1, -0.05) is 78.3 Å². The second kappa shape index (κ2) is 9.35. The van der Waals surface area contributed by atoms with Crippen molar-refractivity contribution in [3.05, 3.63) is 84.9 Å². The molecule has 4 heteroatoms. The van der Waals surface area contributed by atoms with E-state index in [0.29, 0.717) is 5.75 Å². The number of carbonyl (C=O) groups excluding carboxylic acids is 1. The summed E-state index contributed by atoms with van der Waals surface area (Å²) in [6.07, 6.45) is 5.25. The van der Waals surface area contributed by atoms with E-state index in [4.69, 9.17) is 4.74 Å². The highest BCUT2D eigenvalue weighted by Crippen LogP contribution is 2.38. The molecule has 0 bridgehead atoms. The van der Waals surface area contributed by atoms with Gasteiger partial charge in [0.2, 0.25) is 0 Å². The van der Waals surface area contributed by atoms with Crippen LogP contribution in [0.1, 0.15) is 32.1 Å². The van der Waals surface area contributed by atoms with E-state index in [0.717, 1.165) is 25.7 Å². The third-order valence-corrected chi connectivity index (χ3v) is 8.99. The third-order valence-electron chi connectivity index (χ3n) is 5.24. The quantitative estimate of drug-likeness (QED) is 0.123. The molecule has 0 spiro atoms. The van der Waals surface area contributed by atoms with Crippen LogP contribution in [0, 0.1) is 0 Å². The van der Waals surface area contributed by atoms with Crippen LogP contribution < -0.4 is 4.74 Å². The molecule has 1 fully saturated rings. The van der Waals surface area contributed by atoms with E-state index in [2.05, 4.69) is 83.3 Å². The van der Waals surface area contributed by atoms with Crippen molar-refractivity contribution < 1.29 is 9.53 Å². The number of hydrogen-bond acceptors (Lipinski definition) is 2. The lowest BCUT2D eigenvalue weighted by Crippen LogP contribution is -2.37.